The SMILES string of the molecule is COc1ccc(NC(=O)Nc2nc(C)cc(NCCCNC(C)=O)n2)cc1. The highest BCUT2D eigenvalue weighted by Crippen LogP contribution is 2.15. The third-order valence-corrected chi connectivity index (χ3v) is 3.46. The molecule has 27 heavy (non-hydrogen) atoms. The number of carbonyl (C=O) groups is 2. The minimum Gasteiger partial charge on any atom is -0.497 e. The van der Waals surface area contributed by atoms with Crippen LogP contribution >= 0.6 is 0 Å². The van der Waals surface area contributed by atoms with Crippen molar-refractivity contribution in [1.29, 1.82) is 0 Å². The van der Waals surface area contributed by atoms with Gasteiger partial charge in [0.05, 0.1) is 7.11 Å². The molecule has 3 amide bonds. The van der Waals surface area contributed by atoms with Crippen LogP contribution in [0.3, 0.4) is 0 Å². The third-order valence-electron chi connectivity index (χ3n) is 3.46. The Bertz CT molecular complexity index is 779. The highest BCUT2D eigenvalue weighted by atomic mass is 16.5. The van der Waals surface area contributed by atoms with Crippen LogP contribution in [0.1, 0.15) is 19.0 Å². The fourth-order valence-corrected chi connectivity index (χ4v) is 2.22. The molecule has 9 nitrogen and oxygen atoms in total. The molecule has 2 aromatic rings. The van der Waals surface area contributed by atoms with Gasteiger partial charge in [-0.2, -0.15) is 4.98 Å². The number of urea groups is 1. The number of carbonyl (C=O) groups excluding carboxylic acids is 2. The molecule has 0 atom stereocenters. The normalized spacial score (nSPS) is 10.0. The van der Waals surface area contributed by atoms with Crippen LogP contribution in [0.4, 0.5) is 22.2 Å². The van der Waals surface area contributed by atoms with Gasteiger partial charge in [-0.25, -0.2) is 9.78 Å². The maximum absolute atomic E-state index is 12.1. The van der Waals surface area contributed by atoms with Gasteiger partial charge in [0.2, 0.25) is 11.9 Å². The van der Waals surface area contributed by atoms with Gasteiger partial charge < -0.3 is 20.7 Å². The van der Waals surface area contributed by atoms with E-state index in [4.69, 9.17) is 4.74 Å². The van der Waals surface area contributed by atoms with Gasteiger partial charge in [0.1, 0.15) is 11.6 Å². The molecule has 0 bridgehead atoms. The predicted molar refractivity (Wildman–Crippen MR) is 104 cm³/mol. The summed E-state index contributed by atoms with van der Waals surface area (Å²) < 4.78 is 5.08. The van der Waals surface area contributed by atoms with E-state index in [0.29, 0.717) is 36.0 Å². The highest BCUT2D eigenvalue weighted by molar-refractivity contribution is 5.98. The first-order chi connectivity index (χ1) is 13.0. The van der Waals surface area contributed by atoms with Crippen LogP contribution in [0.25, 0.3) is 0 Å². The largest absolute Gasteiger partial charge is 0.497 e. The monoisotopic (exact) mass is 372 g/mol. The lowest BCUT2D eigenvalue weighted by atomic mass is 10.3. The molecule has 0 fully saturated rings. The molecular weight excluding hydrogens is 348 g/mol. The molecule has 0 saturated carbocycles. The second kappa shape index (κ2) is 9.95. The van der Waals surface area contributed by atoms with Crippen molar-refractivity contribution >= 4 is 29.4 Å². The van der Waals surface area contributed by atoms with Gasteiger partial charge in [0.15, 0.2) is 0 Å². The van der Waals surface area contributed by atoms with Crippen molar-refractivity contribution in [2.75, 3.05) is 36.1 Å². The number of methoxy groups -OCH3 is 1. The van der Waals surface area contributed by atoms with E-state index < -0.39 is 6.03 Å². The second-order valence-electron chi connectivity index (χ2n) is 5.79. The Morgan fingerprint density at radius 3 is 2.48 bits per heavy atom. The van der Waals surface area contributed by atoms with E-state index in [1.807, 2.05) is 6.92 Å². The number of anilines is 3. The molecule has 0 aliphatic rings. The number of hydrogen-bond donors (Lipinski definition) is 4. The van der Waals surface area contributed by atoms with E-state index in [0.717, 1.165) is 6.42 Å². The van der Waals surface area contributed by atoms with E-state index in [1.54, 1.807) is 37.4 Å². The van der Waals surface area contributed by atoms with Crippen LogP contribution in [0, 0.1) is 6.92 Å². The van der Waals surface area contributed by atoms with Gasteiger partial charge in [-0.05, 0) is 37.6 Å². The van der Waals surface area contributed by atoms with Gasteiger partial charge in [0, 0.05) is 37.5 Å². The number of aryl methyl sites for hydroxylation is 1. The average molecular weight is 372 g/mol. The molecule has 144 valence electrons. The fraction of sp³-hybridized carbons (Fsp3) is 0.333. The molecular formula is C18H24N6O3. The topological polar surface area (TPSA) is 117 Å². The standard InChI is InChI=1S/C18H24N6O3/c1-12-11-16(20-10-4-9-19-13(2)25)23-17(21-12)24-18(26)22-14-5-7-15(27-3)8-6-14/h5-8,11H,4,9-10H2,1-3H3,(H,19,25)(H3,20,21,22,23,24,26). The number of nitrogens with one attached hydrogen (secondary N) is 4. The van der Waals surface area contributed by atoms with Gasteiger partial charge >= 0.3 is 6.03 Å². The Hall–Kier alpha value is -3.36. The lowest BCUT2D eigenvalue weighted by Crippen LogP contribution is -2.23. The summed E-state index contributed by atoms with van der Waals surface area (Å²) in [4.78, 5) is 31.4. The lowest BCUT2D eigenvalue weighted by Gasteiger charge is -2.10. The molecule has 1 aromatic heterocycles. The maximum Gasteiger partial charge on any atom is 0.326 e. The van der Waals surface area contributed by atoms with Crippen LogP contribution in [0.2, 0.25) is 0 Å². The Morgan fingerprint density at radius 1 is 1.07 bits per heavy atom. The summed E-state index contributed by atoms with van der Waals surface area (Å²) in [7, 11) is 1.58. The Labute approximate surface area is 157 Å². The summed E-state index contributed by atoms with van der Waals surface area (Å²) in [6.07, 6.45) is 0.753. The Balaban J connectivity index is 1.88. The summed E-state index contributed by atoms with van der Waals surface area (Å²) in [5.74, 6) is 1.45. The van der Waals surface area contributed by atoms with Gasteiger partial charge in [-0.1, -0.05) is 0 Å². The number of ether oxygens (including phenoxy) is 1. The molecule has 1 aromatic carbocycles. The molecule has 0 radical (unpaired) electrons. The average Bonchev–Trinajstić information content (AvgIpc) is 2.61. The van der Waals surface area contributed by atoms with Crippen LogP contribution in [-0.2, 0) is 4.79 Å². The third kappa shape index (κ3) is 7.18. The zero-order valence-electron chi connectivity index (χ0n) is 15.6. The number of rotatable bonds is 8. The van der Waals surface area contributed by atoms with Gasteiger partial charge in [-0.3, -0.25) is 10.1 Å². The van der Waals surface area contributed by atoms with Crippen molar-refractivity contribution in [3.8, 4) is 5.75 Å². The molecule has 0 aliphatic heterocycles. The molecule has 9 heteroatoms. The summed E-state index contributed by atoms with van der Waals surface area (Å²) in [6, 6.07) is 8.31. The second-order valence-corrected chi connectivity index (χ2v) is 5.79. The Morgan fingerprint density at radius 2 is 1.81 bits per heavy atom. The van der Waals surface area contributed by atoms with Crippen molar-refractivity contribution in [3.05, 3.63) is 36.0 Å². The number of benzene rings is 1. The van der Waals surface area contributed by atoms with Crippen molar-refractivity contribution in [2.45, 2.75) is 20.3 Å². The van der Waals surface area contributed by atoms with E-state index >= 15 is 0 Å². The number of hydrogen-bond acceptors (Lipinski definition) is 6. The zero-order valence-corrected chi connectivity index (χ0v) is 15.6. The van der Waals surface area contributed by atoms with Crippen molar-refractivity contribution < 1.29 is 14.3 Å². The highest BCUT2D eigenvalue weighted by Gasteiger charge is 2.07. The zero-order chi connectivity index (χ0) is 19.6. The number of aromatic nitrogens is 2. The quantitative estimate of drug-likeness (QED) is 0.529. The van der Waals surface area contributed by atoms with Crippen molar-refractivity contribution in [2.24, 2.45) is 0 Å². The molecule has 1 heterocycles. The van der Waals surface area contributed by atoms with E-state index in [2.05, 4.69) is 31.2 Å². The first-order valence-electron chi connectivity index (χ1n) is 8.52. The van der Waals surface area contributed by atoms with Crippen LogP contribution in [0.5, 0.6) is 5.75 Å². The Kier molecular flexibility index (Phi) is 7.36. The number of amides is 3. The van der Waals surface area contributed by atoms with Gasteiger partial charge in [-0.15, -0.1) is 0 Å². The summed E-state index contributed by atoms with van der Waals surface area (Å²) >= 11 is 0. The van der Waals surface area contributed by atoms with Crippen molar-refractivity contribution in [3.63, 3.8) is 0 Å². The summed E-state index contributed by atoms with van der Waals surface area (Å²) in [5, 5.41) is 11.2. The minimum absolute atomic E-state index is 0.0535. The molecule has 0 spiro atoms. The molecule has 0 saturated heterocycles. The van der Waals surface area contributed by atoms with E-state index in [1.165, 1.54) is 6.92 Å². The van der Waals surface area contributed by atoms with Crippen molar-refractivity contribution in [1.82, 2.24) is 15.3 Å². The van der Waals surface area contributed by atoms with E-state index in [-0.39, 0.29) is 11.9 Å². The maximum atomic E-state index is 12.1. The molecule has 0 aliphatic carbocycles. The smallest absolute Gasteiger partial charge is 0.326 e. The van der Waals surface area contributed by atoms with E-state index in [9.17, 15) is 9.59 Å². The minimum atomic E-state index is -0.442. The first-order valence-corrected chi connectivity index (χ1v) is 8.52. The van der Waals surface area contributed by atoms with Crippen LogP contribution in [0.15, 0.2) is 30.3 Å². The molecule has 4 N–H and O–H groups in total. The van der Waals surface area contributed by atoms with Crippen LogP contribution < -0.4 is 26.0 Å². The predicted octanol–water partition coefficient (Wildman–Crippen LogP) is 2.38. The van der Waals surface area contributed by atoms with Gasteiger partial charge in [0.25, 0.3) is 0 Å². The molecule has 0 unspecified atom stereocenters. The number of nitrogens with zero attached hydrogens (tertiary/aromatic N) is 2. The first kappa shape index (κ1) is 20.0. The summed E-state index contributed by atoms with van der Waals surface area (Å²) in [6.45, 7) is 4.52. The molecule has 2 rings (SSSR count). The fourth-order valence-electron chi connectivity index (χ4n) is 2.22. The van der Waals surface area contributed by atoms with Crippen LogP contribution in [-0.4, -0.2) is 42.1 Å². The lowest BCUT2D eigenvalue weighted by molar-refractivity contribution is -0.118. The summed E-state index contributed by atoms with van der Waals surface area (Å²) in [5.41, 5.74) is 1.34.